The fraction of sp³-hybridized carbons (Fsp3) is 0.160. The number of imide groups is 1. The number of nitrogens with zero attached hydrogens (tertiary/aromatic N) is 1. The number of ether oxygens (including phenoxy) is 2. The van der Waals surface area contributed by atoms with Crippen LogP contribution in [0.15, 0.2) is 78.9 Å². The molecule has 1 N–H and O–H groups in total. The summed E-state index contributed by atoms with van der Waals surface area (Å²) in [5.41, 5.74) is 0.624. The van der Waals surface area contributed by atoms with E-state index in [1.165, 1.54) is 0 Å². The Balaban J connectivity index is 1.45. The number of carbonyl (C=O) groups excluding carboxylic acids is 3. The number of ketones is 1. The average Bonchev–Trinajstić information content (AvgIpc) is 3.38. The molecule has 2 heterocycles. The van der Waals surface area contributed by atoms with Crippen molar-refractivity contribution in [1.82, 2.24) is 10.2 Å². The quantitative estimate of drug-likeness (QED) is 0.481. The molecule has 160 valence electrons. The van der Waals surface area contributed by atoms with Gasteiger partial charge in [0.05, 0.1) is 6.54 Å². The van der Waals surface area contributed by atoms with E-state index < -0.39 is 17.5 Å². The number of carbonyl (C=O) groups is 3. The van der Waals surface area contributed by atoms with Crippen molar-refractivity contribution in [1.29, 1.82) is 0 Å². The molecular formula is C25H20N2O5. The van der Waals surface area contributed by atoms with E-state index in [-0.39, 0.29) is 25.5 Å². The fourth-order valence-electron chi connectivity index (χ4n) is 4.12. The molecule has 5 rings (SSSR count). The van der Waals surface area contributed by atoms with Gasteiger partial charge in [-0.25, -0.2) is 4.79 Å². The van der Waals surface area contributed by atoms with E-state index in [1.54, 1.807) is 18.2 Å². The SMILES string of the molecule is O=C(CN1C(=O)N[C@@](Cc2ccccc2)(c2ccccc2)C1=O)c1ccc2c(c1)OCO2. The van der Waals surface area contributed by atoms with Gasteiger partial charge in [-0.05, 0) is 29.3 Å². The zero-order valence-electron chi connectivity index (χ0n) is 17.1. The molecule has 0 radical (unpaired) electrons. The van der Waals surface area contributed by atoms with Crippen molar-refractivity contribution >= 4 is 17.7 Å². The van der Waals surface area contributed by atoms with Gasteiger partial charge in [0.1, 0.15) is 0 Å². The van der Waals surface area contributed by atoms with Gasteiger partial charge in [0, 0.05) is 12.0 Å². The molecule has 3 aromatic carbocycles. The highest BCUT2D eigenvalue weighted by atomic mass is 16.7. The number of benzene rings is 3. The molecule has 1 atom stereocenters. The van der Waals surface area contributed by atoms with Crippen molar-refractivity contribution in [2.75, 3.05) is 13.3 Å². The van der Waals surface area contributed by atoms with Crippen molar-refractivity contribution in [3.05, 3.63) is 95.6 Å². The van der Waals surface area contributed by atoms with Gasteiger partial charge in [0.2, 0.25) is 6.79 Å². The van der Waals surface area contributed by atoms with Crippen LogP contribution in [0.3, 0.4) is 0 Å². The summed E-state index contributed by atoms with van der Waals surface area (Å²) in [5.74, 6) is 0.209. The summed E-state index contributed by atoms with van der Waals surface area (Å²) in [6, 6.07) is 22.8. The lowest BCUT2D eigenvalue weighted by Gasteiger charge is -2.27. The molecule has 0 aliphatic carbocycles. The highest BCUT2D eigenvalue weighted by Gasteiger charge is 2.52. The summed E-state index contributed by atoms with van der Waals surface area (Å²) < 4.78 is 10.6. The first-order valence-electron chi connectivity index (χ1n) is 10.2. The second kappa shape index (κ2) is 7.85. The third kappa shape index (κ3) is 3.37. The van der Waals surface area contributed by atoms with Crippen LogP contribution in [0.1, 0.15) is 21.5 Å². The lowest BCUT2D eigenvalue weighted by atomic mass is 9.83. The van der Waals surface area contributed by atoms with Crippen LogP contribution in [-0.4, -0.2) is 36.0 Å². The Morgan fingerprint density at radius 2 is 1.59 bits per heavy atom. The number of urea groups is 1. The molecular weight excluding hydrogens is 408 g/mol. The van der Waals surface area contributed by atoms with Crippen LogP contribution >= 0.6 is 0 Å². The van der Waals surface area contributed by atoms with Crippen molar-refractivity contribution in [3.8, 4) is 11.5 Å². The molecule has 7 heteroatoms. The van der Waals surface area contributed by atoms with Gasteiger partial charge in [-0.1, -0.05) is 60.7 Å². The van der Waals surface area contributed by atoms with E-state index in [0.29, 0.717) is 22.6 Å². The average molecular weight is 428 g/mol. The van der Waals surface area contributed by atoms with Gasteiger partial charge in [0.25, 0.3) is 5.91 Å². The first kappa shape index (κ1) is 19.8. The zero-order valence-corrected chi connectivity index (χ0v) is 17.1. The molecule has 2 aliphatic heterocycles. The minimum absolute atomic E-state index is 0.0963. The van der Waals surface area contributed by atoms with Crippen LogP contribution in [0.2, 0.25) is 0 Å². The zero-order chi connectivity index (χ0) is 22.1. The van der Waals surface area contributed by atoms with Crippen molar-refractivity contribution in [3.63, 3.8) is 0 Å². The van der Waals surface area contributed by atoms with Gasteiger partial charge in [0.15, 0.2) is 22.8 Å². The molecule has 0 bridgehead atoms. The van der Waals surface area contributed by atoms with Gasteiger partial charge in [-0.3, -0.25) is 14.5 Å². The van der Waals surface area contributed by atoms with Crippen LogP contribution < -0.4 is 14.8 Å². The van der Waals surface area contributed by atoms with E-state index in [1.807, 2.05) is 60.7 Å². The normalized spacial score (nSPS) is 19.2. The van der Waals surface area contributed by atoms with Crippen molar-refractivity contribution in [2.24, 2.45) is 0 Å². The maximum atomic E-state index is 13.6. The first-order chi connectivity index (χ1) is 15.6. The van der Waals surface area contributed by atoms with E-state index in [9.17, 15) is 14.4 Å². The summed E-state index contributed by atoms with van der Waals surface area (Å²) in [7, 11) is 0. The molecule has 0 aromatic heterocycles. The number of rotatable bonds is 6. The number of Topliss-reactive ketones (excluding diaryl/α,β-unsaturated/α-hetero) is 1. The molecule has 1 fully saturated rings. The minimum atomic E-state index is -1.28. The molecule has 0 unspecified atom stereocenters. The molecule has 7 nitrogen and oxygen atoms in total. The van der Waals surface area contributed by atoms with Gasteiger partial charge >= 0.3 is 6.03 Å². The largest absolute Gasteiger partial charge is 0.454 e. The van der Waals surface area contributed by atoms with Crippen LogP contribution in [0.25, 0.3) is 0 Å². The second-order valence-corrected chi connectivity index (χ2v) is 7.75. The van der Waals surface area contributed by atoms with Crippen LogP contribution in [0.4, 0.5) is 4.79 Å². The topological polar surface area (TPSA) is 84.9 Å². The summed E-state index contributed by atoms with van der Waals surface area (Å²) in [6.07, 6.45) is 0.275. The molecule has 0 saturated carbocycles. The van der Waals surface area contributed by atoms with Crippen LogP contribution in [-0.2, 0) is 16.8 Å². The Bertz CT molecular complexity index is 1200. The van der Waals surface area contributed by atoms with E-state index in [4.69, 9.17) is 9.47 Å². The maximum absolute atomic E-state index is 13.6. The Hall–Kier alpha value is -4.13. The number of hydrogen-bond donors (Lipinski definition) is 1. The van der Waals surface area contributed by atoms with E-state index >= 15 is 0 Å². The number of hydrogen-bond acceptors (Lipinski definition) is 5. The third-order valence-corrected chi connectivity index (χ3v) is 5.75. The third-order valence-electron chi connectivity index (χ3n) is 5.75. The van der Waals surface area contributed by atoms with Crippen molar-refractivity contribution < 1.29 is 23.9 Å². The highest BCUT2D eigenvalue weighted by Crippen LogP contribution is 2.35. The Labute approximate surface area is 184 Å². The molecule has 32 heavy (non-hydrogen) atoms. The van der Waals surface area contributed by atoms with Gasteiger partial charge in [-0.15, -0.1) is 0 Å². The van der Waals surface area contributed by atoms with E-state index in [0.717, 1.165) is 10.5 Å². The standard InChI is InChI=1S/C25H20N2O5/c28-20(18-11-12-21-22(13-18)32-16-31-21)15-27-23(29)25(26-24(27)30,19-9-5-2-6-10-19)14-17-7-3-1-4-8-17/h1-13H,14-16H2,(H,26,30)/t25-/m0/s1. The first-order valence-corrected chi connectivity index (χ1v) is 10.2. The number of amides is 3. The Morgan fingerprint density at radius 3 is 2.34 bits per heavy atom. The van der Waals surface area contributed by atoms with E-state index in [2.05, 4.69) is 5.32 Å². The number of nitrogens with one attached hydrogen (secondary N) is 1. The summed E-state index contributed by atoms with van der Waals surface area (Å²) in [6.45, 7) is -0.271. The molecule has 3 amide bonds. The van der Waals surface area contributed by atoms with Gasteiger partial charge in [-0.2, -0.15) is 0 Å². The molecule has 1 saturated heterocycles. The second-order valence-electron chi connectivity index (χ2n) is 7.75. The van der Waals surface area contributed by atoms with Crippen molar-refractivity contribution in [2.45, 2.75) is 12.0 Å². The number of fused-ring (bicyclic) bond motifs is 1. The lowest BCUT2D eigenvalue weighted by molar-refractivity contribution is -0.131. The summed E-state index contributed by atoms with van der Waals surface area (Å²) in [5, 5.41) is 2.87. The maximum Gasteiger partial charge on any atom is 0.325 e. The van der Waals surface area contributed by atoms with Crippen LogP contribution in [0, 0.1) is 0 Å². The van der Waals surface area contributed by atoms with Gasteiger partial charge < -0.3 is 14.8 Å². The Morgan fingerprint density at radius 1 is 0.906 bits per heavy atom. The summed E-state index contributed by atoms with van der Waals surface area (Å²) >= 11 is 0. The minimum Gasteiger partial charge on any atom is -0.454 e. The lowest BCUT2D eigenvalue weighted by Crippen LogP contribution is -2.46. The summed E-state index contributed by atoms with van der Waals surface area (Å²) in [4.78, 5) is 40.5. The molecule has 0 spiro atoms. The predicted molar refractivity (Wildman–Crippen MR) is 115 cm³/mol. The smallest absolute Gasteiger partial charge is 0.325 e. The Kier molecular flexibility index (Phi) is 4.86. The predicted octanol–water partition coefficient (Wildman–Crippen LogP) is 3.29. The molecule has 2 aliphatic rings. The monoisotopic (exact) mass is 428 g/mol. The van der Waals surface area contributed by atoms with Crippen LogP contribution in [0.5, 0.6) is 11.5 Å². The fourth-order valence-corrected chi connectivity index (χ4v) is 4.12. The molecule has 3 aromatic rings. The highest BCUT2D eigenvalue weighted by molar-refractivity contribution is 6.11.